The van der Waals surface area contributed by atoms with Crippen molar-refractivity contribution in [3.05, 3.63) is 21.0 Å². The van der Waals surface area contributed by atoms with E-state index in [1.165, 1.54) is 11.8 Å². The van der Waals surface area contributed by atoms with Gasteiger partial charge in [0.1, 0.15) is 16.2 Å². The number of H-pyrrole nitrogens is 3. The highest BCUT2D eigenvalue weighted by Crippen LogP contribution is 2.15. The largest absolute Gasteiger partial charge is 0.347 e. The third-order valence-electron chi connectivity index (χ3n) is 1.57. The van der Waals surface area contributed by atoms with Crippen LogP contribution in [0.3, 0.4) is 0 Å². The summed E-state index contributed by atoms with van der Waals surface area (Å²) in [5.41, 5.74) is 0.104. The maximum atomic E-state index is 11.0. The van der Waals surface area contributed by atoms with E-state index in [1.807, 2.05) is 0 Å². The normalized spacial score (nSPS) is 10.8. The summed E-state index contributed by atoms with van der Waals surface area (Å²) in [5, 5.41) is 0.511. The fraction of sp³-hybridized carbons (Fsp3) is 0.167. The molecule has 0 unspecified atom stereocenters. The van der Waals surface area contributed by atoms with Crippen molar-refractivity contribution in [1.29, 1.82) is 0 Å². The molecule has 2 rings (SSSR count). The molecule has 2 aromatic rings. The van der Waals surface area contributed by atoms with Gasteiger partial charge >= 0.3 is 11.4 Å². The quantitative estimate of drug-likeness (QED) is 0.431. The second-order valence-corrected chi connectivity index (χ2v) is 3.18. The van der Waals surface area contributed by atoms with Gasteiger partial charge in [0.25, 0.3) is 0 Å². The molecular formula is C6H6N4O2S. The molecule has 0 spiro atoms. The molecule has 0 aliphatic carbocycles. The molecular weight excluding hydrogens is 192 g/mol. The van der Waals surface area contributed by atoms with Crippen molar-refractivity contribution in [2.75, 3.05) is 6.26 Å². The summed E-state index contributed by atoms with van der Waals surface area (Å²) in [6, 6.07) is 0. The number of aromatic nitrogens is 4. The van der Waals surface area contributed by atoms with Crippen LogP contribution in [-0.4, -0.2) is 26.2 Å². The van der Waals surface area contributed by atoms with Crippen molar-refractivity contribution in [2.24, 2.45) is 0 Å². The van der Waals surface area contributed by atoms with E-state index in [4.69, 9.17) is 0 Å². The molecule has 2 heterocycles. The zero-order valence-corrected chi connectivity index (χ0v) is 7.49. The SMILES string of the molecule is CSc1nc(=O)[nH]c2[nH]c(=O)[nH]c12. The van der Waals surface area contributed by atoms with Crippen molar-refractivity contribution in [2.45, 2.75) is 5.03 Å². The first-order chi connectivity index (χ1) is 6.20. The van der Waals surface area contributed by atoms with Crippen molar-refractivity contribution in [3.63, 3.8) is 0 Å². The Labute approximate surface area is 75.8 Å². The Morgan fingerprint density at radius 3 is 2.69 bits per heavy atom. The van der Waals surface area contributed by atoms with Crippen molar-refractivity contribution in [1.82, 2.24) is 19.9 Å². The third kappa shape index (κ3) is 1.26. The average molecular weight is 198 g/mol. The summed E-state index contributed by atoms with van der Waals surface area (Å²) in [7, 11) is 0. The zero-order valence-electron chi connectivity index (χ0n) is 6.67. The standard InChI is InChI=1S/C6H6N4O2S/c1-13-4-2-3(8-5(11)7-2)9-6(12)10-4/h1H3,(H3,7,8,9,10,11,12). The maximum absolute atomic E-state index is 11.0. The molecule has 0 aromatic carbocycles. The Kier molecular flexibility index (Phi) is 1.73. The third-order valence-corrected chi connectivity index (χ3v) is 2.25. The molecule has 0 saturated carbocycles. The molecule has 13 heavy (non-hydrogen) atoms. The summed E-state index contributed by atoms with van der Waals surface area (Å²) in [6.45, 7) is 0. The van der Waals surface area contributed by atoms with Crippen LogP contribution in [0.1, 0.15) is 0 Å². The van der Waals surface area contributed by atoms with E-state index in [2.05, 4.69) is 19.9 Å². The number of imidazole rings is 1. The predicted octanol–water partition coefficient (Wildman–Crippen LogP) is -0.339. The van der Waals surface area contributed by atoms with Crippen LogP contribution >= 0.6 is 11.8 Å². The molecule has 0 fully saturated rings. The van der Waals surface area contributed by atoms with E-state index in [9.17, 15) is 9.59 Å². The Balaban J connectivity index is 2.96. The fourth-order valence-corrected chi connectivity index (χ4v) is 1.60. The zero-order chi connectivity index (χ0) is 9.42. The Bertz CT molecular complexity index is 551. The lowest BCUT2D eigenvalue weighted by atomic mass is 10.6. The highest BCUT2D eigenvalue weighted by molar-refractivity contribution is 7.98. The average Bonchev–Trinajstić information content (AvgIpc) is 2.43. The monoisotopic (exact) mass is 198 g/mol. The smallest absolute Gasteiger partial charge is 0.302 e. The number of aromatic amines is 3. The van der Waals surface area contributed by atoms with E-state index in [0.717, 1.165) is 0 Å². The molecule has 6 nitrogen and oxygen atoms in total. The molecule has 0 bridgehead atoms. The summed E-state index contributed by atoms with van der Waals surface area (Å²) in [5.74, 6) is 0. The van der Waals surface area contributed by atoms with Gasteiger partial charge in [-0.05, 0) is 6.26 Å². The van der Waals surface area contributed by atoms with Gasteiger partial charge in [0.15, 0.2) is 0 Å². The number of nitrogens with zero attached hydrogens (tertiary/aromatic N) is 1. The minimum absolute atomic E-state index is 0.353. The van der Waals surface area contributed by atoms with Gasteiger partial charge in [-0.25, -0.2) is 9.59 Å². The minimum atomic E-state index is -0.466. The first-order valence-electron chi connectivity index (χ1n) is 3.47. The molecule has 0 saturated heterocycles. The van der Waals surface area contributed by atoms with E-state index >= 15 is 0 Å². The molecule has 3 N–H and O–H groups in total. The summed E-state index contributed by atoms with van der Waals surface area (Å²) >= 11 is 1.30. The van der Waals surface area contributed by atoms with Gasteiger partial charge in [-0.15, -0.1) is 11.8 Å². The van der Waals surface area contributed by atoms with E-state index in [-0.39, 0.29) is 5.69 Å². The van der Waals surface area contributed by atoms with Crippen LogP contribution in [0.4, 0.5) is 0 Å². The molecule has 7 heteroatoms. The molecule has 0 amide bonds. The molecule has 0 aliphatic heterocycles. The molecule has 68 valence electrons. The van der Waals surface area contributed by atoms with Gasteiger partial charge < -0.3 is 4.98 Å². The highest BCUT2D eigenvalue weighted by Gasteiger charge is 2.06. The molecule has 0 radical (unpaired) electrons. The number of thioether (sulfide) groups is 1. The molecule has 0 atom stereocenters. The Morgan fingerprint density at radius 1 is 1.23 bits per heavy atom. The minimum Gasteiger partial charge on any atom is -0.302 e. The first kappa shape index (κ1) is 8.11. The second kappa shape index (κ2) is 2.77. The van der Waals surface area contributed by atoms with E-state index in [1.54, 1.807) is 6.26 Å². The number of hydrogen-bond donors (Lipinski definition) is 3. The van der Waals surface area contributed by atoms with Gasteiger partial charge in [-0.1, -0.05) is 0 Å². The van der Waals surface area contributed by atoms with Crippen LogP contribution in [0.2, 0.25) is 0 Å². The summed E-state index contributed by atoms with van der Waals surface area (Å²) in [6.07, 6.45) is 1.78. The van der Waals surface area contributed by atoms with Gasteiger partial charge in [0.05, 0.1) is 0 Å². The van der Waals surface area contributed by atoms with Gasteiger partial charge in [0.2, 0.25) is 0 Å². The van der Waals surface area contributed by atoms with Crippen LogP contribution in [-0.2, 0) is 0 Å². The fourth-order valence-electron chi connectivity index (χ4n) is 1.07. The Morgan fingerprint density at radius 2 is 2.00 bits per heavy atom. The van der Waals surface area contributed by atoms with E-state index in [0.29, 0.717) is 16.2 Å². The van der Waals surface area contributed by atoms with Crippen molar-refractivity contribution < 1.29 is 0 Å². The van der Waals surface area contributed by atoms with Crippen LogP contribution in [0.15, 0.2) is 14.6 Å². The maximum Gasteiger partial charge on any atom is 0.347 e. The number of rotatable bonds is 1. The topological polar surface area (TPSA) is 94.4 Å². The summed E-state index contributed by atoms with van der Waals surface area (Å²) in [4.78, 5) is 33.0. The lowest BCUT2D eigenvalue weighted by Gasteiger charge is -1.93. The lowest BCUT2D eigenvalue weighted by molar-refractivity contribution is 1.02. The van der Waals surface area contributed by atoms with Crippen LogP contribution in [0, 0.1) is 0 Å². The van der Waals surface area contributed by atoms with Gasteiger partial charge in [-0.3, -0.25) is 9.97 Å². The summed E-state index contributed by atoms with van der Waals surface area (Å²) < 4.78 is 0. The number of nitrogens with one attached hydrogen (secondary N) is 3. The molecule has 2 aromatic heterocycles. The van der Waals surface area contributed by atoms with E-state index < -0.39 is 5.69 Å². The number of fused-ring (bicyclic) bond motifs is 1. The second-order valence-electron chi connectivity index (χ2n) is 2.38. The van der Waals surface area contributed by atoms with Crippen molar-refractivity contribution in [3.8, 4) is 0 Å². The predicted molar refractivity (Wildman–Crippen MR) is 49.1 cm³/mol. The van der Waals surface area contributed by atoms with Crippen LogP contribution in [0.5, 0.6) is 0 Å². The van der Waals surface area contributed by atoms with Crippen LogP contribution < -0.4 is 11.4 Å². The van der Waals surface area contributed by atoms with Crippen LogP contribution in [0.25, 0.3) is 11.2 Å². The highest BCUT2D eigenvalue weighted by atomic mass is 32.2. The number of hydrogen-bond acceptors (Lipinski definition) is 4. The van der Waals surface area contributed by atoms with Gasteiger partial charge in [-0.2, -0.15) is 4.98 Å². The van der Waals surface area contributed by atoms with Gasteiger partial charge in [0, 0.05) is 0 Å². The Hall–Kier alpha value is -1.50. The first-order valence-corrected chi connectivity index (χ1v) is 4.69. The molecule has 0 aliphatic rings. The van der Waals surface area contributed by atoms with Crippen molar-refractivity contribution >= 4 is 22.9 Å². The lowest BCUT2D eigenvalue weighted by Crippen LogP contribution is -2.10.